The molecule has 5 heteroatoms. The van der Waals surface area contributed by atoms with Gasteiger partial charge in [0, 0.05) is 19.1 Å². The van der Waals surface area contributed by atoms with Gasteiger partial charge in [0.1, 0.15) is 6.04 Å². The molecule has 100 valence electrons. The fourth-order valence-electron chi connectivity index (χ4n) is 1.20. The molecule has 1 amide bonds. The minimum absolute atomic E-state index is 0.218. The quantitative estimate of drug-likeness (QED) is 0.634. The van der Waals surface area contributed by atoms with Gasteiger partial charge in [-0.05, 0) is 19.3 Å². The number of ether oxygens (including phenoxy) is 1. The van der Waals surface area contributed by atoms with Crippen LogP contribution in [0.3, 0.4) is 0 Å². The van der Waals surface area contributed by atoms with Gasteiger partial charge < -0.3 is 15.2 Å². The van der Waals surface area contributed by atoms with E-state index in [1.807, 2.05) is 6.92 Å². The SMILES string of the molecule is CCC(C)(C)C(=O)NC(CCCOC)C(=O)O. The normalized spacial score (nSPS) is 13.2. The number of nitrogens with one attached hydrogen (secondary N) is 1. The summed E-state index contributed by atoms with van der Waals surface area (Å²) in [7, 11) is 1.56. The summed E-state index contributed by atoms with van der Waals surface area (Å²) in [6, 6.07) is -0.830. The van der Waals surface area contributed by atoms with Crippen LogP contribution in [0.1, 0.15) is 40.0 Å². The van der Waals surface area contributed by atoms with Gasteiger partial charge in [0.05, 0.1) is 0 Å². The van der Waals surface area contributed by atoms with E-state index >= 15 is 0 Å². The maximum Gasteiger partial charge on any atom is 0.326 e. The lowest BCUT2D eigenvalue weighted by atomic mass is 9.89. The van der Waals surface area contributed by atoms with Crippen LogP contribution >= 0.6 is 0 Å². The van der Waals surface area contributed by atoms with E-state index in [2.05, 4.69) is 5.32 Å². The molecule has 2 N–H and O–H groups in total. The van der Waals surface area contributed by atoms with Gasteiger partial charge in [-0.25, -0.2) is 4.79 Å². The Kier molecular flexibility index (Phi) is 6.80. The largest absolute Gasteiger partial charge is 0.480 e. The van der Waals surface area contributed by atoms with Crippen LogP contribution in [0, 0.1) is 5.41 Å². The second-order valence-electron chi connectivity index (χ2n) is 4.74. The second-order valence-corrected chi connectivity index (χ2v) is 4.74. The zero-order valence-electron chi connectivity index (χ0n) is 11.1. The lowest BCUT2D eigenvalue weighted by Gasteiger charge is -2.24. The second kappa shape index (κ2) is 7.27. The molecule has 0 aliphatic rings. The van der Waals surface area contributed by atoms with Crippen LogP contribution in [0.4, 0.5) is 0 Å². The molecule has 0 rings (SSSR count). The van der Waals surface area contributed by atoms with Crippen molar-refractivity contribution in [3.63, 3.8) is 0 Å². The van der Waals surface area contributed by atoms with Gasteiger partial charge in [-0.15, -0.1) is 0 Å². The van der Waals surface area contributed by atoms with Crippen LogP contribution in [0.15, 0.2) is 0 Å². The minimum Gasteiger partial charge on any atom is -0.480 e. The van der Waals surface area contributed by atoms with Crippen LogP contribution in [-0.2, 0) is 14.3 Å². The molecule has 0 aliphatic heterocycles. The number of hydrogen-bond donors (Lipinski definition) is 2. The highest BCUT2D eigenvalue weighted by Crippen LogP contribution is 2.20. The molecule has 0 saturated heterocycles. The number of rotatable bonds is 8. The van der Waals surface area contributed by atoms with Gasteiger partial charge in [0.25, 0.3) is 0 Å². The number of carbonyl (C=O) groups is 2. The first-order valence-electron chi connectivity index (χ1n) is 5.88. The molecule has 0 aliphatic carbocycles. The van der Waals surface area contributed by atoms with Crippen molar-refractivity contribution in [2.75, 3.05) is 13.7 Å². The standard InChI is InChI=1S/C12H23NO4/c1-5-12(2,3)11(16)13-9(10(14)15)7-6-8-17-4/h9H,5-8H2,1-4H3,(H,13,16)(H,14,15). The fraction of sp³-hybridized carbons (Fsp3) is 0.833. The summed E-state index contributed by atoms with van der Waals surface area (Å²) in [6.45, 7) is 6.00. The molecule has 1 atom stereocenters. The van der Waals surface area contributed by atoms with E-state index in [9.17, 15) is 9.59 Å². The predicted octanol–water partition coefficient (Wildman–Crippen LogP) is 1.42. The van der Waals surface area contributed by atoms with Crippen LogP contribution in [0.5, 0.6) is 0 Å². The third-order valence-corrected chi connectivity index (χ3v) is 2.94. The third kappa shape index (κ3) is 5.68. The maximum absolute atomic E-state index is 11.8. The van der Waals surface area contributed by atoms with E-state index in [0.717, 1.165) is 0 Å². The van der Waals surface area contributed by atoms with Gasteiger partial charge in [-0.1, -0.05) is 20.8 Å². The summed E-state index contributed by atoms with van der Waals surface area (Å²) in [5.74, 6) is -1.22. The molecule has 0 aromatic carbocycles. The average molecular weight is 245 g/mol. The molecule has 0 fully saturated rings. The van der Waals surface area contributed by atoms with E-state index in [1.54, 1.807) is 21.0 Å². The van der Waals surface area contributed by atoms with Crippen molar-refractivity contribution in [3.8, 4) is 0 Å². The van der Waals surface area contributed by atoms with Crippen LogP contribution in [-0.4, -0.2) is 36.7 Å². The molecule has 0 saturated carbocycles. The third-order valence-electron chi connectivity index (χ3n) is 2.94. The number of carboxylic acids is 1. The van der Waals surface area contributed by atoms with Crippen molar-refractivity contribution in [2.45, 2.75) is 46.1 Å². The lowest BCUT2D eigenvalue weighted by Crippen LogP contribution is -2.46. The summed E-state index contributed by atoms with van der Waals surface area (Å²) in [4.78, 5) is 22.8. The zero-order valence-corrected chi connectivity index (χ0v) is 11.1. The summed E-state index contributed by atoms with van der Waals surface area (Å²) in [5.41, 5.74) is -0.533. The van der Waals surface area contributed by atoms with Crippen molar-refractivity contribution < 1.29 is 19.4 Å². The summed E-state index contributed by atoms with van der Waals surface area (Å²) < 4.78 is 4.86. The van der Waals surface area contributed by atoms with Crippen molar-refractivity contribution in [1.82, 2.24) is 5.32 Å². The van der Waals surface area contributed by atoms with E-state index in [1.165, 1.54) is 0 Å². The molecule has 0 aromatic heterocycles. The number of carbonyl (C=O) groups excluding carboxylic acids is 1. The maximum atomic E-state index is 11.8. The number of methoxy groups -OCH3 is 1. The molecule has 17 heavy (non-hydrogen) atoms. The smallest absolute Gasteiger partial charge is 0.326 e. The molecule has 5 nitrogen and oxygen atoms in total. The highest BCUT2D eigenvalue weighted by molar-refractivity contribution is 5.86. The molecule has 0 heterocycles. The molecule has 0 spiro atoms. The Hall–Kier alpha value is -1.10. The number of carboxylic acid groups (broad SMARTS) is 1. The van der Waals surface area contributed by atoms with Crippen molar-refractivity contribution in [3.05, 3.63) is 0 Å². The number of aliphatic carboxylic acids is 1. The van der Waals surface area contributed by atoms with Crippen LogP contribution < -0.4 is 5.32 Å². The van der Waals surface area contributed by atoms with E-state index in [4.69, 9.17) is 9.84 Å². The summed E-state index contributed by atoms with van der Waals surface area (Å²) in [5, 5.41) is 11.6. The Labute approximate surface area is 103 Å². The Morgan fingerprint density at radius 3 is 2.41 bits per heavy atom. The number of hydrogen-bond acceptors (Lipinski definition) is 3. The van der Waals surface area contributed by atoms with E-state index in [-0.39, 0.29) is 5.91 Å². The minimum atomic E-state index is -0.999. The summed E-state index contributed by atoms with van der Waals surface area (Å²) in [6.07, 6.45) is 1.66. The van der Waals surface area contributed by atoms with Gasteiger partial charge in [-0.2, -0.15) is 0 Å². The fourth-order valence-corrected chi connectivity index (χ4v) is 1.20. The zero-order chi connectivity index (χ0) is 13.5. The average Bonchev–Trinajstić information content (AvgIpc) is 2.27. The van der Waals surface area contributed by atoms with Crippen molar-refractivity contribution >= 4 is 11.9 Å². The number of amides is 1. The topological polar surface area (TPSA) is 75.6 Å². The van der Waals surface area contributed by atoms with Gasteiger partial charge in [0.2, 0.25) is 5.91 Å². The van der Waals surface area contributed by atoms with Crippen molar-refractivity contribution in [2.24, 2.45) is 5.41 Å². The Morgan fingerprint density at radius 1 is 1.41 bits per heavy atom. The van der Waals surface area contributed by atoms with E-state index < -0.39 is 17.4 Å². The van der Waals surface area contributed by atoms with Crippen molar-refractivity contribution in [1.29, 1.82) is 0 Å². The molecule has 0 aromatic rings. The van der Waals surface area contributed by atoms with E-state index in [0.29, 0.717) is 25.9 Å². The Balaban J connectivity index is 4.35. The Morgan fingerprint density at radius 2 is 2.00 bits per heavy atom. The van der Waals surface area contributed by atoms with Crippen LogP contribution in [0.25, 0.3) is 0 Å². The lowest BCUT2D eigenvalue weighted by molar-refractivity contribution is -0.143. The first-order chi connectivity index (χ1) is 7.85. The first-order valence-corrected chi connectivity index (χ1v) is 5.88. The highest BCUT2D eigenvalue weighted by atomic mass is 16.5. The molecule has 0 radical (unpaired) electrons. The molecular weight excluding hydrogens is 222 g/mol. The van der Waals surface area contributed by atoms with Gasteiger partial charge in [-0.3, -0.25) is 4.79 Å². The Bertz CT molecular complexity index is 263. The predicted molar refractivity (Wildman–Crippen MR) is 64.7 cm³/mol. The van der Waals surface area contributed by atoms with Gasteiger partial charge >= 0.3 is 5.97 Å². The van der Waals surface area contributed by atoms with Crippen LogP contribution in [0.2, 0.25) is 0 Å². The van der Waals surface area contributed by atoms with Gasteiger partial charge in [0.15, 0.2) is 0 Å². The highest BCUT2D eigenvalue weighted by Gasteiger charge is 2.29. The molecule has 0 bridgehead atoms. The summed E-state index contributed by atoms with van der Waals surface area (Å²) >= 11 is 0. The first kappa shape index (κ1) is 15.9. The monoisotopic (exact) mass is 245 g/mol. The molecular formula is C12H23NO4. The molecule has 1 unspecified atom stereocenters.